The molecule has 5 nitrogen and oxygen atoms in total. The third-order valence-corrected chi connectivity index (χ3v) is 6.68. The van der Waals surface area contributed by atoms with Gasteiger partial charge in [0.1, 0.15) is 5.82 Å². The molecule has 1 aromatic heterocycles. The number of nitrogens with one attached hydrogen (secondary N) is 1. The Labute approximate surface area is 183 Å². The van der Waals surface area contributed by atoms with Crippen molar-refractivity contribution in [1.82, 2.24) is 20.0 Å². The normalized spacial score (nSPS) is 20.8. The second-order valence-electron chi connectivity index (χ2n) is 8.64. The standard InChI is InChI=1S/C25H30FN5/c26-23-10-4-5-11-24(23)31-15-13-30(14-16-31)22-9-6-12-29(19-22)18-21-17-27-28-25(21)20-7-2-1-3-8-20/h1-5,7-8,10-11,17,22H,6,9,12-16,18-19H2,(H,27,28). The molecule has 5 rings (SSSR count). The lowest BCUT2D eigenvalue weighted by molar-refractivity contribution is 0.0887. The van der Waals surface area contributed by atoms with Crippen LogP contribution in [-0.4, -0.2) is 65.3 Å². The lowest BCUT2D eigenvalue weighted by Crippen LogP contribution is -2.55. The molecule has 0 aliphatic carbocycles. The van der Waals surface area contributed by atoms with Crippen LogP contribution in [0.3, 0.4) is 0 Å². The highest BCUT2D eigenvalue weighted by Crippen LogP contribution is 2.26. The Balaban J connectivity index is 1.19. The Morgan fingerprint density at radius 3 is 2.52 bits per heavy atom. The summed E-state index contributed by atoms with van der Waals surface area (Å²) in [6, 6.07) is 18.1. The van der Waals surface area contributed by atoms with Gasteiger partial charge in [0.25, 0.3) is 0 Å². The van der Waals surface area contributed by atoms with Gasteiger partial charge in [0.15, 0.2) is 0 Å². The molecule has 2 aliphatic heterocycles. The highest BCUT2D eigenvalue weighted by Gasteiger charge is 2.29. The van der Waals surface area contributed by atoms with Gasteiger partial charge in [-0.15, -0.1) is 0 Å². The fourth-order valence-corrected chi connectivity index (χ4v) is 5.04. The maximum absolute atomic E-state index is 14.1. The number of anilines is 1. The van der Waals surface area contributed by atoms with E-state index in [0.29, 0.717) is 6.04 Å². The van der Waals surface area contributed by atoms with Crippen molar-refractivity contribution < 1.29 is 4.39 Å². The Bertz CT molecular complexity index is 980. The maximum atomic E-state index is 14.1. The minimum atomic E-state index is -0.117. The van der Waals surface area contributed by atoms with Crippen molar-refractivity contribution in [3.05, 3.63) is 72.2 Å². The molecular formula is C25H30FN5. The number of hydrogen-bond donors (Lipinski definition) is 1. The van der Waals surface area contributed by atoms with E-state index < -0.39 is 0 Å². The fourth-order valence-electron chi connectivity index (χ4n) is 5.04. The molecule has 0 amide bonds. The number of rotatable bonds is 5. The van der Waals surface area contributed by atoms with Crippen molar-refractivity contribution in [2.45, 2.75) is 25.4 Å². The molecule has 0 spiro atoms. The van der Waals surface area contributed by atoms with Gasteiger partial charge in [-0.3, -0.25) is 14.9 Å². The first-order chi connectivity index (χ1) is 15.3. The van der Waals surface area contributed by atoms with E-state index in [4.69, 9.17) is 0 Å². The van der Waals surface area contributed by atoms with Crippen LogP contribution in [0.15, 0.2) is 60.8 Å². The Morgan fingerprint density at radius 1 is 0.935 bits per heavy atom. The molecule has 6 heteroatoms. The van der Waals surface area contributed by atoms with Gasteiger partial charge in [0, 0.05) is 50.9 Å². The number of H-pyrrole nitrogens is 1. The summed E-state index contributed by atoms with van der Waals surface area (Å²) in [6.45, 7) is 6.90. The Hall–Kier alpha value is -2.70. The lowest BCUT2D eigenvalue weighted by Gasteiger charge is -2.44. The van der Waals surface area contributed by atoms with Gasteiger partial charge in [-0.05, 0) is 37.1 Å². The minimum Gasteiger partial charge on any atom is -0.367 e. The number of nitrogens with zero attached hydrogens (tertiary/aromatic N) is 4. The molecule has 3 heterocycles. The van der Waals surface area contributed by atoms with Crippen LogP contribution in [0.5, 0.6) is 0 Å². The SMILES string of the molecule is Fc1ccccc1N1CCN(C2CCCN(Cc3cn[nH]c3-c3ccccc3)C2)CC1. The first kappa shape index (κ1) is 20.2. The van der Waals surface area contributed by atoms with Crippen LogP contribution >= 0.6 is 0 Å². The summed E-state index contributed by atoms with van der Waals surface area (Å²) >= 11 is 0. The van der Waals surface area contributed by atoms with E-state index in [0.717, 1.165) is 57.2 Å². The summed E-state index contributed by atoms with van der Waals surface area (Å²) < 4.78 is 14.1. The van der Waals surface area contributed by atoms with Crippen LogP contribution in [0.2, 0.25) is 0 Å². The molecule has 0 bridgehead atoms. The minimum absolute atomic E-state index is 0.117. The largest absolute Gasteiger partial charge is 0.367 e. The van der Waals surface area contributed by atoms with Crippen LogP contribution in [0, 0.1) is 5.82 Å². The average Bonchev–Trinajstić information content (AvgIpc) is 3.28. The van der Waals surface area contributed by atoms with Crippen molar-refractivity contribution in [3.8, 4) is 11.3 Å². The van der Waals surface area contributed by atoms with E-state index in [2.05, 4.69) is 49.2 Å². The highest BCUT2D eigenvalue weighted by atomic mass is 19.1. The van der Waals surface area contributed by atoms with Crippen molar-refractivity contribution >= 4 is 5.69 Å². The summed E-state index contributed by atoms with van der Waals surface area (Å²) in [7, 11) is 0. The number of benzene rings is 2. The molecule has 2 aromatic carbocycles. The van der Waals surface area contributed by atoms with Gasteiger partial charge in [-0.25, -0.2) is 4.39 Å². The van der Waals surface area contributed by atoms with Gasteiger partial charge in [-0.2, -0.15) is 5.10 Å². The first-order valence-electron chi connectivity index (χ1n) is 11.3. The predicted molar refractivity (Wildman–Crippen MR) is 123 cm³/mol. The molecule has 31 heavy (non-hydrogen) atoms. The van der Waals surface area contributed by atoms with Gasteiger partial charge in [0.2, 0.25) is 0 Å². The number of aromatic nitrogens is 2. The Morgan fingerprint density at radius 2 is 1.71 bits per heavy atom. The molecular weight excluding hydrogens is 389 g/mol. The van der Waals surface area contributed by atoms with Crippen LogP contribution < -0.4 is 4.90 Å². The number of piperidine rings is 1. The summed E-state index contributed by atoms with van der Waals surface area (Å²) in [5.74, 6) is -0.117. The highest BCUT2D eigenvalue weighted by molar-refractivity contribution is 5.62. The number of likely N-dealkylation sites (tertiary alicyclic amines) is 1. The van der Waals surface area contributed by atoms with Crippen LogP contribution in [-0.2, 0) is 6.54 Å². The summed E-state index contributed by atoms with van der Waals surface area (Å²) in [4.78, 5) is 7.36. The lowest BCUT2D eigenvalue weighted by atomic mass is 10.0. The molecule has 2 fully saturated rings. The molecule has 3 aromatic rings. The topological polar surface area (TPSA) is 38.4 Å². The molecule has 0 radical (unpaired) electrons. The second-order valence-corrected chi connectivity index (χ2v) is 8.64. The summed E-state index contributed by atoms with van der Waals surface area (Å²) in [5, 5.41) is 7.51. The smallest absolute Gasteiger partial charge is 0.146 e. The number of para-hydroxylation sites is 1. The van der Waals surface area contributed by atoms with Crippen molar-refractivity contribution in [2.24, 2.45) is 0 Å². The van der Waals surface area contributed by atoms with Crippen molar-refractivity contribution in [2.75, 3.05) is 44.2 Å². The van der Waals surface area contributed by atoms with E-state index >= 15 is 0 Å². The van der Waals surface area contributed by atoms with Crippen LogP contribution in [0.25, 0.3) is 11.3 Å². The molecule has 2 aliphatic rings. The molecule has 2 saturated heterocycles. The predicted octanol–water partition coefficient (Wildman–Crippen LogP) is 4.00. The maximum Gasteiger partial charge on any atom is 0.146 e. The molecule has 1 atom stereocenters. The van der Waals surface area contributed by atoms with Gasteiger partial charge in [0.05, 0.1) is 17.6 Å². The second kappa shape index (κ2) is 9.20. The summed E-state index contributed by atoms with van der Waals surface area (Å²) in [6.07, 6.45) is 4.43. The molecule has 1 unspecified atom stereocenters. The third kappa shape index (κ3) is 4.50. The van der Waals surface area contributed by atoms with E-state index in [1.54, 1.807) is 12.1 Å². The number of halogens is 1. The Kier molecular flexibility index (Phi) is 6.00. The first-order valence-corrected chi connectivity index (χ1v) is 11.3. The van der Waals surface area contributed by atoms with Gasteiger partial charge in [-0.1, -0.05) is 42.5 Å². The number of hydrogen-bond acceptors (Lipinski definition) is 4. The molecule has 1 N–H and O–H groups in total. The van der Waals surface area contributed by atoms with E-state index in [9.17, 15) is 4.39 Å². The number of aromatic amines is 1. The average molecular weight is 420 g/mol. The molecule has 162 valence electrons. The monoisotopic (exact) mass is 419 g/mol. The third-order valence-electron chi connectivity index (χ3n) is 6.68. The van der Waals surface area contributed by atoms with E-state index in [-0.39, 0.29) is 5.82 Å². The van der Waals surface area contributed by atoms with Crippen LogP contribution in [0.1, 0.15) is 18.4 Å². The van der Waals surface area contributed by atoms with E-state index in [1.807, 2.05) is 24.4 Å². The number of piperazine rings is 1. The van der Waals surface area contributed by atoms with Crippen molar-refractivity contribution in [1.29, 1.82) is 0 Å². The van der Waals surface area contributed by atoms with Crippen molar-refractivity contribution in [3.63, 3.8) is 0 Å². The van der Waals surface area contributed by atoms with Crippen LogP contribution in [0.4, 0.5) is 10.1 Å². The molecule has 0 saturated carbocycles. The van der Waals surface area contributed by atoms with Gasteiger partial charge < -0.3 is 4.90 Å². The van der Waals surface area contributed by atoms with Gasteiger partial charge >= 0.3 is 0 Å². The quantitative estimate of drug-likeness (QED) is 0.678. The zero-order valence-corrected chi connectivity index (χ0v) is 17.9. The summed E-state index contributed by atoms with van der Waals surface area (Å²) in [5.41, 5.74) is 4.31. The fraction of sp³-hybridized carbons (Fsp3) is 0.400. The van der Waals surface area contributed by atoms with E-state index in [1.165, 1.54) is 24.0 Å². The zero-order valence-electron chi connectivity index (χ0n) is 17.9. The zero-order chi connectivity index (χ0) is 21.0.